The quantitative estimate of drug-likeness (QED) is 0.688. The summed E-state index contributed by atoms with van der Waals surface area (Å²) >= 11 is 5.61. The van der Waals surface area contributed by atoms with Crippen molar-refractivity contribution in [3.05, 3.63) is 34.6 Å². The highest BCUT2D eigenvalue weighted by molar-refractivity contribution is 7.91. The van der Waals surface area contributed by atoms with Crippen LogP contribution in [-0.4, -0.2) is 51.8 Å². The predicted molar refractivity (Wildman–Crippen MR) is 111 cm³/mol. The summed E-state index contributed by atoms with van der Waals surface area (Å²) < 4.78 is 28.3. The Balaban J connectivity index is 1.89. The third-order valence-corrected chi connectivity index (χ3v) is 7.23. The summed E-state index contributed by atoms with van der Waals surface area (Å²) in [6, 6.07) is 8.25. The first-order valence-corrected chi connectivity index (χ1v) is 11.5. The van der Waals surface area contributed by atoms with Crippen molar-refractivity contribution in [1.29, 1.82) is 0 Å². The molecular formula is C19H28N4O2S2. The second-order valence-corrected chi connectivity index (χ2v) is 10.5. The molecule has 1 aromatic carbocycles. The summed E-state index contributed by atoms with van der Waals surface area (Å²) in [6.45, 7) is 7.67. The largest absolute Gasteiger partial charge is 0.303 e. The molecule has 1 saturated heterocycles. The molecule has 1 aliphatic rings. The number of sulfone groups is 1. The molecule has 0 bridgehead atoms. The van der Waals surface area contributed by atoms with Crippen LogP contribution in [0, 0.1) is 17.6 Å². The highest BCUT2D eigenvalue weighted by Gasteiger charge is 2.33. The zero-order chi connectivity index (χ0) is 19.8. The number of aryl methyl sites for hydroxylation is 1. The van der Waals surface area contributed by atoms with Gasteiger partial charge in [-0.3, -0.25) is 4.90 Å². The highest BCUT2D eigenvalue weighted by Crippen LogP contribution is 2.22. The third kappa shape index (κ3) is 4.67. The van der Waals surface area contributed by atoms with Crippen LogP contribution in [0.3, 0.4) is 0 Å². The Morgan fingerprint density at radius 1 is 1.30 bits per heavy atom. The summed E-state index contributed by atoms with van der Waals surface area (Å²) in [5.41, 5.74) is 2.22. The van der Waals surface area contributed by atoms with E-state index in [0.717, 1.165) is 17.9 Å². The predicted octanol–water partition coefficient (Wildman–Crippen LogP) is 3.03. The Morgan fingerprint density at radius 2 is 1.96 bits per heavy atom. The van der Waals surface area contributed by atoms with Crippen LogP contribution in [0.15, 0.2) is 24.3 Å². The van der Waals surface area contributed by atoms with Gasteiger partial charge in [-0.25, -0.2) is 13.1 Å². The molecule has 0 aliphatic carbocycles. The molecule has 0 N–H and O–H groups in total. The van der Waals surface area contributed by atoms with Gasteiger partial charge >= 0.3 is 0 Å². The van der Waals surface area contributed by atoms with Crippen LogP contribution in [0.25, 0.3) is 11.4 Å². The number of hydrogen-bond donors (Lipinski definition) is 0. The van der Waals surface area contributed by atoms with Crippen molar-refractivity contribution in [2.75, 3.05) is 18.1 Å². The molecule has 0 radical (unpaired) electrons. The van der Waals surface area contributed by atoms with E-state index in [9.17, 15) is 8.42 Å². The Morgan fingerprint density at radius 3 is 2.52 bits per heavy atom. The lowest BCUT2D eigenvalue weighted by atomic mass is 10.1. The first-order valence-electron chi connectivity index (χ1n) is 9.31. The van der Waals surface area contributed by atoms with Gasteiger partial charge in [-0.2, -0.15) is 5.10 Å². The van der Waals surface area contributed by atoms with E-state index < -0.39 is 9.84 Å². The van der Waals surface area contributed by atoms with Crippen LogP contribution < -0.4 is 0 Å². The monoisotopic (exact) mass is 408 g/mol. The number of rotatable bonds is 6. The van der Waals surface area contributed by atoms with Gasteiger partial charge < -0.3 is 4.57 Å². The van der Waals surface area contributed by atoms with Crippen LogP contribution in [0.4, 0.5) is 0 Å². The molecule has 2 heterocycles. The summed E-state index contributed by atoms with van der Waals surface area (Å²) in [5.74, 6) is 1.76. The maximum atomic E-state index is 11.9. The van der Waals surface area contributed by atoms with Gasteiger partial charge in [-0.1, -0.05) is 43.7 Å². The molecule has 1 aliphatic heterocycles. The minimum atomic E-state index is -2.93. The number of benzene rings is 1. The molecule has 0 saturated carbocycles. The highest BCUT2D eigenvalue weighted by atomic mass is 32.2. The molecule has 0 amide bonds. The first kappa shape index (κ1) is 20.2. The lowest BCUT2D eigenvalue weighted by Gasteiger charge is -2.29. The minimum Gasteiger partial charge on any atom is -0.303 e. The van der Waals surface area contributed by atoms with E-state index in [4.69, 9.17) is 17.3 Å². The molecule has 3 rings (SSSR count). The molecule has 1 aromatic heterocycles. The van der Waals surface area contributed by atoms with E-state index in [2.05, 4.69) is 37.8 Å². The fourth-order valence-electron chi connectivity index (χ4n) is 3.56. The van der Waals surface area contributed by atoms with Crippen molar-refractivity contribution >= 4 is 22.1 Å². The average Bonchev–Trinajstić information content (AvgIpc) is 3.09. The summed E-state index contributed by atoms with van der Waals surface area (Å²) in [4.78, 5) is 2.22. The first-order chi connectivity index (χ1) is 12.7. The SMILES string of the molecule is Cc1ccc(-c2nn(CN(CC(C)C)[C@H]3CCS(=O)(=O)C3)c(=S)n2C)cc1. The lowest BCUT2D eigenvalue weighted by Crippen LogP contribution is -2.40. The summed E-state index contributed by atoms with van der Waals surface area (Å²) in [5, 5.41) is 4.75. The number of nitrogens with zero attached hydrogens (tertiary/aromatic N) is 4. The Bertz CT molecular complexity index is 959. The molecule has 1 fully saturated rings. The Labute approximate surface area is 166 Å². The van der Waals surface area contributed by atoms with Crippen LogP contribution in [0.1, 0.15) is 25.8 Å². The minimum absolute atomic E-state index is 0.0316. The van der Waals surface area contributed by atoms with E-state index in [-0.39, 0.29) is 17.5 Å². The average molecular weight is 409 g/mol. The fraction of sp³-hybridized carbons (Fsp3) is 0.579. The fourth-order valence-corrected chi connectivity index (χ4v) is 5.51. The van der Waals surface area contributed by atoms with E-state index in [0.29, 0.717) is 23.8 Å². The van der Waals surface area contributed by atoms with Crippen molar-refractivity contribution in [3.8, 4) is 11.4 Å². The van der Waals surface area contributed by atoms with Gasteiger partial charge in [0.15, 0.2) is 20.4 Å². The topological polar surface area (TPSA) is 60.1 Å². The van der Waals surface area contributed by atoms with Gasteiger partial charge in [0.25, 0.3) is 0 Å². The van der Waals surface area contributed by atoms with E-state index in [1.165, 1.54) is 5.56 Å². The lowest BCUT2D eigenvalue weighted by molar-refractivity contribution is 0.137. The molecule has 6 nitrogen and oxygen atoms in total. The van der Waals surface area contributed by atoms with Gasteiger partial charge in [0.2, 0.25) is 0 Å². The smallest absolute Gasteiger partial charge is 0.199 e. The van der Waals surface area contributed by atoms with Gasteiger partial charge in [-0.15, -0.1) is 0 Å². The second kappa shape index (κ2) is 7.85. The van der Waals surface area contributed by atoms with Crippen molar-refractivity contribution in [2.24, 2.45) is 13.0 Å². The summed E-state index contributed by atoms with van der Waals surface area (Å²) in [6.07, 6.45) is 0.681. The van der Waals surface area contributed by atoms with E-state index >= 15 is 0 Å². The molecule has 0 unspecified atom stereocenters. The molecule has 0 spiro atoms. The zero-order valence-electron chi connectivity index (χ0n) is 16.4. The maximum absolute atomic E-state index is 11.9. The van der Waals surface area contributed by atoms with Crippen molar-refractivity contribution < 1.29 is 8.42 Å². The number of aromatic nitrogens is 3. The maximum Gasteiger partial charge on any atom is 0.199 e. The Kier molecular flexibility index (Phi) is 5.88. The van der Waals surface area contributed by atoms with Crippen LogP contribution in [0.5, 0.6) is 0 Å². The Hall–Kier alpha value is -1.51. The third-order valence-electron chi connectivity index (χ3n) is 4.99. The van der Waals surface area contributed by atoms with Crippen molar-refractivity contribution in [1.82, 2.24) is 19.2 Å². The van der Waals surface area contributed by atoms with Gasteiger partial charge in [-0.05, 0) is 31.5 Å². The van der Waals surface area contributed by atoms with Crippen LogP contribution >= 0.6 is 12.2 Å². The van der Waals surface area contributed by atoms with Crippen LogP contribution in [0.2, 0.25) is 0 Å². The zero-order valence-corrected chi connectivity index (χ0v) is 18.1. The van der Waals surface area contributed by atoms with Crippen molar-refractivity contribution in [3.63, 3.8) is 0 Å². The molecule has 148 valence electrons. The summed E-state index contributed by atoms with van der Waals surface area (Å²) in [7, 11) is -1.01. The van der Waals surface area contributed by atoms with E-state index in [1.54, 1.807) is 0 Å². The molecule has 27 heavy (non-hydrogen) atoms. The standard InChI is InChI=1S/C19H28N4O2S2/c1-14(2)11-22(17-9-10-27(24,25)12-17)13-23-19(26)21(4)18(20-23)16-7-5-15(3)6-8-16/h5-8,14,17H,9-13H2,1-4H3/t17-/m0/s1. The molecule has 2 aromatic rings. The second-order valence-electron chi connectivity index (χ2n) is 7.89. The van der Waals surface area contributed by atoms with Crippen molar-refractivity contribution in [2.45, 2.75) is 39.9 Å². The molecule has 8 heteroatoms. The normalized spacial score (nSPS) is 19.3. The number of hydrogen-bond acceptors (Lipinski definition) is 5. The van der Waals surface area contributed by atoms with Gasteiger partial charge in [0.05, 0.1) is 18.2 Å². The van der Waals surface area contributed by atoms with Gasteiger partial charge in [0.1, 0.15) is 0 Å². The van der Waals surface area contributed by atoms with E-state index in [1.807, 2.05) is 28.4 Å². The molecular weight excluding hydrogens is 380 g/mol. The van der Waals surface area contributed by atoms with Gasteiger partial charge in [0, 0.05) is 25.2 Å². The van der Waals surface area contributed by atoms with Crippen LogP contribution in [-0.2, 0) is 23.6 Å². The molecule has 1 atom stereocenters.